The van der Waals surface area contributed by atoms with Crippen LogP contribution in [0, 0.1) is 6.92 Å². The largest absolute Gasteiger partial charge is 0.378 e. The van der Waals surface area contributed by atoms with E-state index < -0.39 is 0 Å². The van der Waals surface area contributed by atoms with Gasteiger partial charge in [-0.2, -0.15) is 0 Å². The summed E-state index contributed by atoms with van der Waals surface area (Å²) in [5, 5.41) is 5.66. The fourth-order valence-electron chi connectivity index (χ4n) is 2.96. The number of amides is 2. The summed E-state index contributed by atoms with van der Waals surface area (Å²) in [5.74, 6) is -0.677. The van der Waals surface area contributed by atoms with Crippen molar-refractivity contribution in [1.29, 1.82) is 0 Å². The minimum Gasteiger partial charge on any atom is -0.378 e. The number of aryl methyl sites for hydroxylation is 1. The summed E-state index contributed by atoms with van der Waals surface area (Å²) >= 11 is 0. The van der Waals surface area contributed by atoms with Gasteiger partial charge in [0.15, 0.2) is 0 Å². The summed E-state index contributed by atoms with van der Waals surface area (Å²) in [6.45, 7) is 2.39. The van der Waals surface area contributed by atoms with Crippen molar-refractivity contribution in [3.05, 3.63) is 107 Å². The Morgan fingerprint density at radius 3 is 2.13 bits per heavy atom. The molecule has 2 amide bonds. The molecule has 0 spiro atoms. The SMILES string of the molecule is Cc1ccc(CNC(=O)C(=Cc2ccc(N(C)C)cc2)NC(=O)c2ccccc2)cc1. The third kappa shape index (κ3) is 6.31. The zero-order valence-electron chi connectivity index (χ0n) is 18.1. The van der Waals surface area contributed by atoms with Gasteiger partial charge >= 0.3 is 0 Å². The molecule has 0 fully saturated rings. The summed E-state index contributed by atoms with van der Waals surface area (Å²) in [7, 11) is 3.93. The summed E-state index contributed by atoms with van der Waals surface area (Å²) in [6.07, 6.45) is 1.69. The monoisotopic (exact) mass is 413 g/mol. The minimum absolute atomic E-state index is 0.193. The Balaban J connectivity index is 1.80. The van der Waals surface area contributed by atoms with Crippen molar-refractivity contribution in [1.82, 2.24) is 10.6 Å². The quantitative estimate of drug-likeness (QED) is 0.572. The molecule has 3 aromatic rings. The van der Waals surface area contributed by atoms with Crippen molar-refractivity contribution >= 4 is 23.6 Å². The second-order valence-corrected chi connectivity index (χ2v) is 7.53. The van der Waals surface area contributed by atoms with Gasteiger partial charge in [0.05, 0.1) is 0 Å². The van der Waals surface area contributed by atoms with Crippen LogP contribution in [0.2, 0.25) is 0 Å². The number of nitrogens with zero attached hydrogens (tertiary/aromatic N) is 1. The van der Waals surface area contributed by atoms with Gasteiger partial charge in [-0.25, -0.2) is 0 Å². The number of hydrogen-bond acceptors (Lipinski definition) is 3. The molecule has 2 N–H and O–H groups in total. The molecular weight excluding hydrogens is 386 g/mol. The van der Waals surface area contributed by atoms with E-state index in [-0.39, 0.29) is 17.5 Å². The molecule has 0 aliphatic rings. The summed E-state index contributed by atoms with van der Waals surface area (Å²) in [5.41, 5.74) is 4.70. The van der Waals surface area contributed by atoms with Crippen molar-refractivity contribution < 1.29 is 9.59 Å². The average Bonchev–Trinajstić information content (AvgIpc) is 2.79. The lowest BCUT2D eigenvalue weighted by Gasteiger charge is -2.13. The molecule has 0 saturated heterocycles. The number of nitrogens with one attached hydrogen (secondary N) is 2. The molecule has 0 radical (unpaired) electrons. The first-order valence-electron chi connectivity index (χ1n) is 10.1. The first kappa shape index (κ1) is 21.8. The number of benzene rings is 3. The van der Waals surface area contributed by atoms with E-state index in [2.05, 4.69) is 10.6 Å². The van der Waals surface area contributed by atoms with Crippen LogP contribution >= 0.6 is 0 Å². The van der Waals surface area contributed by atoms with E-state index in [9.17, 15) is 9.59 Å². The second-order valence-electron chi connectivity index (χ2n) is 7.53. The van der Waals surface area contributed by atoms with Gasteiger partial charge in [-0.05, 0) is 48.4 Å². The maximum atomic E-state index is 12.9. The highest BCUT2D eigenvalue weighted by atomic mass is 16.2. The molecule has 3 rings (SSSR count). The Bertz CT molecular complexity index is 1050. The molecule has 31 heavy (non-hydrogen) atoms. The van der Waals surface area contributed by atoms with Crippen LogP contribution in [0.3, 0.4) is 0 Å². The number of carbonyl (C=O) groups excluding carboxylic acids is 2. The second kappa shape index (κ2) is 10.3. The van der Waals surface area contributed by atoms with Crippen LogP contribution in [0.4, 0.5) is 5.69 Å². The Kier molecular flexibility index (Phi) is 7.22. The zero-order valence-corrected chi connectivity index (χ0v) is 18.1. The van der Waals surface area contributed by atoms with Crippen LogP contribution in [0.1, 0.15) is 27.0 Å². The highest BCUT2D eigenvalue weighted by molar-refractivity contribution is 6.05. The highest BCUT2D eigenvalue weighted by Crippen LogP contribution is 2.15. The highest BCUT2D eigenvalue weighted by Gasteiger charge is 2.14. The predicted molar refractivity (Wildman–Crippen MR) is 126 cm³/mol. The van der Waals surface area contributed by atoms with Crippen molar-refractivity contribution in [2.45, 2.75) is 13.5 Å². The molecule has 0 atom stereocenters. The van der Waals surface area contributed by atoms with E-state index in [1.165, 1.54) is 0 Å². The van der Waals surface area contributed by atoms with Crippen LogP contribution in [0.25, 0.3) is 6.08 Å². The van der Waals surface area contributed by atoms with Crippen LogP contribution in [-0.2, 0) is 11.3 Å². The number of rotatable bonds is 7. The fourth-order valence-corrected chi connectivity index (χ4v) is 2.96. The lowest BCUT2D eigenvalue weighted by molar-refractivity contribution is -0.117. The summed E-state index contributed by atoms with van der Waals surface area (Å²) < 4.78 is 0. The normalized spacial score (nSPS) is 11.0. The average molecular weight is 414 g/mol. The molecule has 5 heteroatoms. The van der Waals surface area contributed by atoms with Gasteiger partial charge in [0.25, 0.3) is 11.8 Å². The number of hydrogen-bond donors (Lipinski definition) is 2. The fraction of sp³-hybridized carbons (Fsp3) is 0.154. The lowest BCUT2D eigenvalue weighted by atomic mass is 10.1. The number of anilines is 1. The van der Waals surface area contributed by atoms with Gasteiger partial charge in [0.1, 0.15) is 5.70 Å². The van der Waals surface area contributed by atoms with Gasteiger partial charge in [0.2, 0.25) is 0 Å². The number of carbonyl (C=O) groups is 2. The molecule has 3 aromatic carbocycles. The molecule has 0 aliphatic heterocycles. The molecule has 158 valence electrons. The van der Waals surface area contributed by atoms with Crippen molar-refractivity contribution in [3.8, 4) is 0 Å². The summed E-state index contributed by atoms with van der Waals surface area (Å²) in [4.78, 5) is 27.6. The van der Waals surface area contributed by atoms with Crippen LogP contribution in [-0.4, -0.2) is 25.9 Å². The maximum absolute atomic E-state index is 12.9. The van der Waals surface area contributed by atoms with Crippen molar-refractivity contribution in [2.75, 3.05) is 19.0 Å². The van der Waals surface area contributed by atoms with Gasteiger partial charge in [-0.15, -0.1) is 0 Å². The predicted octanol–water partition coefficient (Wildman–Crippen LogP) is 4.15. The molecular formula is C26H27N3O2. The molecule has 5 nitrogen and oxygen atoms in total. The third-order valence-corrected chi connectivity index (χ3v) is 4.82. The Labute approximate surface area is 183 Å². The molecule has 0 unspecified atom stereocenters. The van der Waals surface area contributed by atoms with E-state index in [4.69, 9.17) is 0 Å². The molecule has 0 aliphatic carbocycles. The zero-order chi connectivity index (χ0) is 22.2. The molecule has 0 heterocycles. The first-order chi connectivity index (χ1) is 14.9. The molecule has 0 saturated carbocycles. The van der Waals surface area contributed by atoms with Gasteiger partial charge in [0, 0.05) is 31.9 Å². The van der Waals surface area contributed by atoms with Crippen molar-refractivity contribution in [2.24, 2.45) is 0 Å². The smallest absolute Gasteiger partial charge is 0.268 e. The van der Waals surface area contributed by atoms with Crippen LogP contribution < -0.4 is 15.5 Å². The summed E-state index contributed by atoms with van der Waals surface area (Å²) in [6, 6.07) is 24.5. The van der Waals surface area contributed by atoms with E-state index in [0.29, 0.717) is 12.1 Å². The Morgan fingerprint density at radius 2 is 1.52 bits per heavy atom. The third-order valence-electron chi connectivity index (χ3n) is 4.82. The topological polar surface area (TPSA) is 61.4 Å². The molecule has 0 aromatic heterocycles. The Morgan fingerprint density at radius 1 is 0.871 bits per heavy atom. The van der Waals surface area contributed by atoms with E-state index in [0.717, 1.165) is 22.4 Å². The lowest BCUT2D eigenvalue weighted by Crippen LogP contribution is -2.34. The van der Waals surface area contributed by atoms with Crippen molar-refractivity contribution in [3.63, 3.8) is 0 Å². The standard InChI is InChI=1S/C26H27N3O2/c1-19-9-11-21(12-10-19)18-27-26(31)24(28-25(30)22-7-5-4-6-8-22)17-20-13-15-23(16-14-20)29(2)3/h4-17H,18H2,1-3H3,(H,27,31)(H,28,30). The van der Waals surface area contributed by atoms with Gasteiger partial charge in [-0.1, -0.05) is 60.2 Å². The van der Waals surface area contributed by atoms with Gasteiger partial charge < -0.3 is 15.5 Å². The van der Waals surface area contributed by atoms with E-state index in [1.807, 2.05) is 80.5 Å². The Hall–Kier alpha value is -3.86. The maximum Gasteiger partial charge on any atom is 0.268 e. The van der Waals surface area contributed by atoms with Gasteiger partial charge in [-0.3, -0.25) is 9.59 Å². The minimum atomic E-state index is -0.346. The first-order valence-corrected chi connectivity index (χ1v) is 10.1. The van der Waals surface area contributed by atoms with Crippen LogP contribution in [0.5, 0.6) is 0 Å². The van der Waals surface area contributed by atoms with E-state index >= 15 is 0 Å². The molecule has 0 bridgehead atoms. The van der Waals surface area contributed by atoms with E-state index in [1.54, 1.807) is 30.3 Å². The van der Waals surface area contributed by atoms with Crippen LogP contribution in [0.15, 0.2) is 84.6 Å².